The van der Waals surface area contributed by atoms with Crippen LogP contribution in [0.25, 0.3) is 0 Å². The van der Waals surface area contributed by atoms with Crippen LogP contribution in [0.15, 0.2) is 0 Å². The van der Waals surface area contributed by atoms with Crippen molar-refractivity contribution in [3.63, 3.8) is 0 Å². The minimum atomic E-state index is -0.563. The minimum Gasteiger partial charge on any atom is -0.389 e. The second kappa shape index (κ2) is 8.60. The van der Waals surface area contributed by atoms with E-state index in [0.29, 0.717) is 19.3 Å². The largest absolute Gasteiger partial charge is 0.389 e. The summed E-state index contributed by atoms with van der Waals surface area (Å²) in [5.74, 6) is 0.818. The Bertz CT molecular complexity index is 289. The van der Waals surface area contributed by atoms with Gasteiger partial charge >= 0.3 is 0 Å². The molecule has 0 spiro atoms. The van der Waals surface area contributed by atoms with Crippen LogP contribution in [-0.2, 0) is 9.53 Å². The molecule has 1 aliphatic rings. The predicted octanol–water partition coefficient (Wildman–Crippen LogP) is 1.01. The monoisotopic (exact) mass is 286 g/mol. The second-order valence-corrected chi connectivity index (χ2v) is 6.23. The van der Waals surface area contributed by atoms with Gasteiger partial charge in [0.2, 0.25) is 5.91 Å². The highest BCUT2D eigenvalue weighted by molar-refractivity contribution is 5.80. The van der Waals surface area contributed by atoms with Crippen molar-refractivity contribution in [3.8, 4) is 0 Å². The van der Waals surface area contributed by atoms with Crippen LogP contribution >= 0.6 is 0 Å². The van der Waals surface area contributed by atoms with Crippen LogP contribution in [-0.4, -0.2) is 61.4 Å². The van der Waals surface area contributed by atoms with E-state index in [1.165, 1.54) is 12.8 Å². The molecule has 1 rings (SSSR count). The number of amides is 1. The Balaban J connectivity index is 2.14. The van der Waals surface area contributed by atoms with E-state index >= 15 is 0 Å². The summed E-state index contributed by atoms with van der Waals surface area (Å²) in [4.78, 5) is 13.2. The molecule has 0 heterocycles. The van der Waals surface area contributed by atoms with E-state index in [0.717, 1.165) is 18.8 Å². The van der Waals surface area contributed by atoms with Gasteiger partial charge in [0.25, 0.3) is 0 Å². The van der Waals surface area contributed by atoms with Crippen molar-refractivity contribution in [3.05, 3.63) is 0 Å². The highest BCUT2D eigenvalue weighted by Gasteiger charge is 2.20. The Hall–Kier alpha value is -0.650. The Morgan fingerprint density at radius 3 is 2.50 bits per heavy atom. The SMILES string of the molecule is CC1CCC(OCC(O)CNC(C)C(=O)N(C)C)CC1. The molecule has 1 aliphatic carbocycles. The van der Waals surface area contributed by atoms with Crippen LogP contribution in [0.4, 0.5) is 0 Å². The number of carbonyl (C=O) groups is 1. The van der Waals surface area contributed by atoms with E-state index < -0.39 is 6.10 Å². The van der Waals surface area contributed by atoms with Gasteiger partial charge in [-0.2, -0.15) is 0 Å². The zero-order chi connectivity index (χ0) is 15.1. The van der Waals surface area contributed by atoms with Gasteiger partial charge in [-0.15, -0.1) is 0 Å². The first kappa shape index (κ1) is 17.4. The first-order valence-electron chi connectivity index (χ1n) is 7.64. The second-order valence-electron chi connectivity index (χ2n) is 6.23. The van der Waals surface area contributed by atoms with Gasteiger partial charge in [-0.05, 0) is 38.5 Å². The summed E-state index contributed by atoms with van der Waals surface area (Å²) in [5, 5.41) is 12.9. The number of nitrogens with zero attached hydrogens (tertiary/aromatic N) is 1. The quantitative estimate of drug-likeness (QED) is 0.733. The topological polar surface area (TPSA) is 61.8 Å². The normalized spacial score (nSPS) is 26.1. The number of ether oxygens (including phenoxy) is 1. The Morgan fingerprint density at radius 2 is 1.95 bits per heavy atom. The molecule has 20 heavy (non-hydrogen) atoms. The lowest BCUT2D eigenvalue weighted by molar-refractivity contribution is -0.130. The van der Waals surface area contributed by atoms with Crippen molar-refractivity contribution in [1.29, 1.82) is 0 Å². The van der Waals surface area contributed by atoms with E-state index in [1.807, 2.05) is 0 Å². The average Bonchev–Trinajstić information content (AvgIpc) is 2.43. The van der Waals surface area contributed by atoms with E-state index in [-0.39, 0.29) is 11.9 Å². The Morgan fingerprint density at radius 1 is 1.35 bits per heavy atom. The molecular weight excluding hydrogens is 256 g/mol. The first-order valence-corrected chi connectivity index (χ1v) is 7.64. The van der Waals surface area contributed by atoms with Crippen LogP contribution in [0, 0.1) is 5.92 Å². The number of aliphatic hydroxyl groups is 1. The average molecular weight is 286 g/mol. The summed E-state index contributed by atoms with van der Waals surface area (Å²) in [6.07, 6.45) is 4.35. The third kappa shape index (κ3) is 6.20. The molecule has 1 fully saturated rings. The Labute approximate surface area is 122 Å². The maximum atomic E-state index is 11.6. The van der Waals surface area contributed by atoms with Crippen molar-refractivity contribution in [2.45, 2.75) is 57.8 Å². The van der Waals surface area contributed by atoms with Crippen molar-refractivity contribution >= 4 is 5.91 Å². The highest BCUT2D eigenvalue weighted by atomic mass is 16.5. The van der Waals surface area contributed by atoms with Gasteiger partial charge in [0, 0.05) is 20.6 Å². The van der Waals surface area contributed by atoms with Gasteiger partial charge in [-0.3, -0.25) is 4.79 Å². The fraction of sp³-hybridized carbons (Fsp3) is 0.933. The number of rotatable bonds is 7. The van der Waals surface area contributed by atoms with Crippen LogP contribution in [0.3, 0.4) is 0 Å². The van der Waals surface area contributed by atoms with Crippen molar-refractivity contribution in [2.24, 2.45) is 5.92 Å². The molecule has 5 nitrogen and oxygen atoms in total. The van der Waals surface area contributed by atoms with Crippen molar-refractivity contribution < 1.29 is 14.6 Å². The standard InChI is InChI=1S/C15H30N2O3/c1-11-5-7-14(8-6-11)20-10-13(18)9-16-12(2)15(19)17(3)4/h11-14,16,18H,5-10H2,1-4H3. The lowest BCUT2D eigenvalue weighted by Gasteiger charge is -2.27. The number of nitrogens with one attached hydrogen (secondary N) is 1. The van der Waals surface area contributed by atoms with E-state index in [2.05, 4.69) is 12.2 Å². The maximum Gasteiger partial charge on any atom is 0.238 e. The fourth-order valence-corrected chi connectivity index (χ4v) is 2.49. The fourth-order valence-electron chi connectivity index (χ4n) is 2.49. The lowest BCUT2D eigenvalue weighted by Crippen LogP contribution is -2.45. The molecule has 0 aliphatic heterocycles. The molecule has 0 aromatic carbocycles. The number of hydrogen-bond donors (Lipinski definition) is 2. The molecule has 2 N–H and O–H groups in total. The molecule has 0 aromatic rings. The van der Waals surface area contributed by atoms with Gasteiger partial charge in [0.05, 0.1) is 24.9 Å². The highest BCUT2D eigenvalue weighted by Crippen LogP contribution is 2.25. The van der Waals surface area contributed by atoms with Crippen LogP contribution in [0.5, 0.6) is 0 Å². The maximum absolute atomic E-state index is 11.6. The smallest absolute Gasteiger partial charge is 0.238 e. The summed E-state index contributed by atoms with van der Waals surface area (Å²) in [6, 6.07) is -0.282. The molecule has 5 heteroatoms. The summed E-state index contributed by atoms with van der Waals surface area (Å²) in [5.41, 5.74) is 0. The summed E-state index contributed by atoms with van der Waals surface area (Å²) in [6.45, 7) is 4.80. The third-order valence-corrected chi connectivity index (χ3v) is 3.96. The van der Waals surface area contributed by atoms with Crippen LogP contribution in [0.1, 0.15) is 39.5 Å². The van der Waals surface area contributed by atoms with E-state index in [1.54, 1.807) is 25.9 Å². The minimum absolute atomic E-state index is 0.0133. The molecule has 2 unspecified atom stereocenters. The predicted molar refractivity (Wildman–Crippen MR) is 79.5 cm³/mol. The van der Waals surface area contributed by atoms with E-state index in [9.17, 15) is 9.90 Å². The first-order chi connectivity index (χ1) is 9.40. The number of aliphatic hydroxyl groups excluding tert-OH is 1. The van der Waals surface area contributed by atoms with Gasteiger partial charge in [-0.25, -0.2) is 0 Å². The molecule has 1 saturated carbocycles. The Kier molecular flexibility index (Phi) is 7.48. The summed E-state index contributed by atoms with van der Waals surface area (Å²) < 4.78 is 5.75. The van der Waals surface area contributed by atoms with Gasteiger partial charge < -0.3 is 20.1 Å². The van der Waals surface area contributed by atoms with Crippen molar-refractivity contribution in [1.82, 2.24) is 10.2 Å². The van der Waals surface area contributed by atoms with Crippen molar-refractivity contribution in [2.75, 3.05) is 27.2 Å². The van der Waals surface area contributed by atoms with Gasteiger partial charge in [0.1, 0.15) is 0 Å². The number of carbonyl (C=O) groups excluding carboxylic acids is 1. The van der Waals surface area contributed by atoms with Crippen LogP contribution in [0.2, 0.25) is 0 Å². The number of likely N-dealkylation sites (N-methyl/N-ethyl adjacent to an activating group) is 1. The molecular formula is C15H30N2O3. The van der Waals surface area contributed by atoms with Gasteiger partial charge in [0.15, 0.2) is 0 Å². The van der Waals surface area contributed by atoms with E-state index in [4.69, 9.17) is 4.74 Å². The molecule has 0 aromatic heterocycles. The zero-order valence-corrected chi connectivity index (χ0v) is 13.3. The summed E-state index contributed by atoms with van der Waals surface area (Å²) >= 11 is 0. The number of hydrogen-bond acceptors (Lipinski definition) is 4. The molecule has 0 radical (unpaired) electrons. The molecule has 0 bridgehead atoms. The lowest BCUT2D eigenvalue weighted by atomic mass is 9.89. The molecule has 2 atom stereocenters. The zero-order valence-electron chi connectivity index (χ0n) is 13.3. The van der Waals surface area contributed by atoms with Crippen LogP contribution < -0.4 is 5.32 Å². The molecule has 1 amide bonds. The molecule has 0 saturated heterocycles. The molecule has 118 valence electrons. The third-order valence-electron chi connectivity index (χ3n) is 3.96. The van der Waals surface area contributed by atoms with Gasteiger partial charge in [-0.1, -0.05) is 6.92 Å². The summed E-state index contributed by atoms with van der Waals surface area (Å²) in [7, 11) is 3.45.